The van der Waals surface area contributed by atoms with Crippen LogP contribution in [0.15, 0.2) is 0 Å². The molecule has 0 unspecified atom stereocenters. The molecule has 0 heterocycles. The molecule has 48 valence electrons. The SMILES string of the molecule is O=C(O)O.[Na+].[O-]B(O)O. The van der Waals surface area contributed by atoms with E-state index in [2.05, 4.69) is 0 Å². The van der Waals surface area contributed by atoms with E-state index < -0.39 is 13.5 Å². The van der Waals surface area contributed by atoms with E-state index in [0.29, 0.717) is 0 Å². The van der Waals surface area contributed by atoms with E-state index in [1.807, 2.05) is 0 Å². The number of carboxylic acid groups (broad SMARTS) is 2. The van der Waals surface area contributed by atoms with Gasteiger partial charge in [-0.2, -0.15) is 0 Å². The van der Waals surface area contributed by atoms with Crippen LogP contribution in [0.1, 0.15) is 0 Å². The van der Waals surface area contributed by atoms with Crippen LogP contribution in [0.3, 0.4) is 0 Å². The van der Waals surface area contributed by atoms with E-state index >= 15 is 0 Å². The maximum atomic E-state index is 8.64. The normalized spacial score (nSPS) is 5.67. The van der Waals surface area contributed by atoms with Gasteiger partial charge in [0.1, 0.15) is 0 Å². The molecule has 8 heteroatoms. The molecule has 6 nitrogen and oxygen atoms in total. The zero-order valence-corrected chi connectivity index (χ0v) is 6.68. The molecule has 0 spiro atoms. The molecule has 4 N–H and O–H groups in total. The first-order valence-electron chi connectivity index (χ1n) is 1.40. The number of hydrogen-bond acceptors (Lipinski definition) is 4. The molecule has 0 atom stereocenters. The molecule has 0 bridgehead atoms. The minimum absolute atomic E-state index is 0. The van der Waals surface area contributed by atoms with Gasteiger partial charge in [-0.25, -0.2) is 4.79 Å². The van der Waals surface area contributed by atoms with Crippen molar-refractivity contribution in [3.8, 4) is 0 Å². The quantitative estimate of drug-likeness (QED) is 0.253. The first kappa shape index (κ1) is 16.1. The summed E-state index contributed by atoms with van der Waals surface area (Å²) in [6, 6.07) is 0. The Hall–Kier alpha value is 0.215. The van der Waals surface area contributed by atoms with Crippen molar-refractivity contribution in [2.45, 2.75) is 0 Å². The molecule has 0 fully saturated rings. The third-order valence-electron chi connectivity index (χ3n) is 0. The molecular weight excluding hydrogens is 142 g/mol. The Morgan fingerprint density at radius 1 is 1.33 bits per heavy atom. The van der Waals surface area contributed by atoms with Crippen molar-refractivity contribution in [2.24, 2.45) is 0 Å². The van der Waals surface area contributed by atoms with Crippen LogP contribution in [-0.4, -0.2) is 33.7 Å². The van der Waals surface area contributed by atoms with Crippen LogP contribution in [0.4, 0.5) is 4.79 Å². The summed E-state index contributed by atoms with van der Waals surface area (Å²) in [5, 5.41) is 36.7. The maximum Gasteiger partial charge on any atom is 1.00 e. The second kappa shape index (κ2) is 11.1. The van der Waals surface area contributed by atoms with Crippen molar-refractivity contribution in [3.05, 3.63) is 0 Å². The van der Waals surface area contributed by atoms with Crippen molar-refractivity contribution in [2.75, 3.05) is 0 Å². The van der Waals surface area contributed by atoms with E-state index in [1.54, 1.807) is 0 Å². The molecule has 9 heavy (non-hydrogen) atoms. The standard InChI is InChI=1S/CH2O3.BH2O3.Na/c2*2-1(3)4;/h(H2,2,3,4);2-3H;/q;-1;+1. The Morgan fingerprint density at radius 2 is 1.33 bits per heavy atom. The molecule has 0 aliphatic heterocycles. The Labute approximate surface area is 73.2 Å². The van der Waals surface area contributed by atoms with E-state index in [0.717, 1.165) is 0 Å². The van der Waals surface area contributed by atoms with Crippen LogP contribution in [0.2, 0.25) is 0 Å². The second-order valence-electron chi connectivity index (χ2n) is 0.609. The average Bonchev–Trinajstić information content (AvgIpc) is 1.25. The Kier molecular flexibility index (Phi) is 19.8. The summed E-state index contributed by atoms with van der Waals surface area (Å²) in [5.41, 5.74) is 0. The Balaban J connectivity index is -0.0000000720. The molecule has 0 aliphatic carbocycles. The molecule has 0 saturated carbocycles. The maximum absolute atomic E-state index is 8.64. The van der Waals surface area contributed by atoms with E-state index in [-0.39, 0.29) is 29.6 Å². The predicted molar refractivity (Wildman–Crippen MR) is 20.8 cm³/mol. The average molecular weight is 146 g/mol. The van der Waals surface area contributed by atoms with Gasteiger partial charge in [-0.3, -0.25) is 0 Å². The smallest absolute Gasteiger partial charge is 0.832 e. The van der Waals surface area contributed by atoms with Gasteiger partial charge in [-0.15, -0.1) is 0 Å². The summed E-state index contributed by atoms with van der Waals surface area (Å²) in [4.78, 5) is 8.56. The number of carbonyl (C=O) groups is 1. The van der Waals surface area contributed by atoms with Crippen LogP contribution >= 0.6 is 0 Å². The van der Waals surface area contributed by atoms with Crippen LogP contribution < -0.4 is 34.6 Å². The Morgan fingerprint density at radius 3 is 1.33 bits per heavy atom. The first-order valence-corrected chi connectivity index (χ1v) is 1.40. The van der Waals surface area contributed by atoms with E-state index in [4.69, 9.17) is 30.1 Å². The molecule has 0 aromatic heterocycles. The molecular formula is CH4BNaO6. The molecule has 0 radical (unpaired) electrons. The fourth-order valence-electron chi connectivity index (χ4n) is 0. The Bertz CT molecular complexity index is 57.3. The topological polar surface area (TPSA) is 121 Å². The van der Waals surface area contributed by atoms with Gasteiger partial charge in [0.25, 0.3) is 0 Å². The zero-order chi connectivity index (χ0) is 7.15. The third-order valence-corrected chi connectivity index (χ3v) is 0. The largest absolute Gasteiger partial charge is 1.00 e. The minimum Gasteiger partial charge on any atom is -0.832 e. The van der Waals surface area contributed by atoms with Crippen LogP contribution in [0.5, 0.6) is 0 Å². The third kappa shape index (κ3) is 6870. The summed E-state index contributed by atoms with van der Waals surface area (Å²) in [5.74, 6) is 0. The van der Waals surface area contributed by atoms with Crippen molar-refractivity contribution < 1.29 is 59.6 Å². The van der Waals surface area contributed by atoms with Gasteiger partial charge in [-0.1, -0.05) is 0 Å². The molecule has 0 saturated heterocycles. The van der Waals surface area contributed by atoms with Gasteiger partial charge in [0.2, 0.25) is 0 Å². The van der Waals surface area contributed by atoms with Gasteiger partial charge in [0.05, 0.1) is 0 Å². The zero-order valence-electron chi connectivity index (χ0n) is 4.68. The van der Waals surface area contributed by atoms with Gasteiger partial charge in [0.15, 0.2) is 0 Å². The first-order chi connectivity index (χ1) is 3.46. The summed E-state index contributed by atoms with van der Waals surface area (Å²) in [6.07, 6.45) is -1.83. The van der Waals surface area contributed by atoms with Crippen LogP contribution in [0, 0.1) is 0 Å². The molecule has 0 aliphatic rings. The molecule has 0 rings (SSSR count). The van der Waals surface area contributed by atoms with E-state index in [9.17, 15) is 0 Å². The number of hydrogen-bond donors (Lipinski definition) is 4. The summed E-state index contributed by atoms with van der Waals surface area (Å²) in [7, 11) is -2.42. The van der Waals surface area contributed by atoms with Crippen molar-refractivity contribution in [1.82, 2.24) is 0 Å². The van der Waals surface area contributed by atoms with Crippen molar-refractivity contribution in [3.63, 3.8) is 0 Å². The van der Waals surface area contributed by atoms with Crippen LogP contribution in [0.25, 0.3) is 0 Å². The fraction of sp³-hybridized carbons (Fsp3) is 0. The van der Waals surface area contributed by atoms with Crippen molar-refractivity contribution in [1.29, 1.82) is 0 Å². The van der Waals surface area contributed by atoms with E-state index in [1.165, 1.54) is 0 Å². The summed E-state index contributed by atoms with van der Waals surface area (Å²) < 4.78 is 0. The second-order valence-corrected chi connectivity index (χ2v) is 0.609. The number of rotatable bonds is 0. The summed E-state index contributed by atoms with van der Waals surface area (Å²) in [6.45, 7) is 0. The fourth-order valence-corrected chi connectivity index (χ4v) is 0. The monoisotopic (exact) mass is 146 g/mol. The van der Waals surface area contributed by atoms with Crippen molar-refractivity contribution >= 4 is 13.5 Å². The van der Waals surface area contributed by atoms with Crippen LogP contribution in [-0.2, 0) is 0 Å². The minimum atomic E-state index is -2.42. The van der Waals surface area contributed by atoms with Gasteiger partial charge in [-0.05, 0) is 0 Å². The van der Waals surface area contributed by atoms with Gasteiger partial charge >= 0.3 is 43.0 Å². The van der Waals surface area contributed by atoms with Gasteiger partial charge in [0, 0.05) is 0 Å². The molecule has 0 aromatic carbocycles. The molecule has 0 aromatic rings. The van der Waals surface area contributed by atoms with Gasteiger partial charge < -0.3 is 25.3 Å². The predicted octanol–water partition coefficient (Wildman–Crippen LogP) is -5.46. The molecule has 0 amide bonds. The summed E-state index contributed by atoms with van der Waals surface area (Å²) >= 11 is 0.